The van der Waals surface area contributed by atoms with Gasteiger partial charge in [-0.05, 0) is 54.7 Å². The van der Waals surface area contributed by atoms with Gasteiger partial charge < -0.3 is 0 Å². The highest BCUT2D eigenvalue weighted by atomic mass is 32.2. The molecule has 0 saturated heterocycles. The Morgan fingerprint density at radius 2 is 1.59 bits per heavy atom. The third kappa shape index (κ3) is 4.32. The Kier molecular flexibility index (Phi) is 5.33. The van der Waals surface area contributed by atoms with Crippen molar-refractivity contribution in [3.05, 3.63) is 29.8 Å². The van der Waals surface area contributed by atoms with Crippen LogP contribution in [0.5, 0.6) is 0 Å². The molecule has 0 unspecified atom stereocenters. The van der Waals surface area contributed by atoms with Gasteiger partial charge in [-0.25, -0.2) is 13.1 Å². The van der Waals surface area contributed by atoms with Crippen LogP contribution in [0.2, 0.25) is 0 Å². The maximum Gasteiger partial charge on any atom is 0.240 e. The molecule has 1 aromatic rings. The van der Waals surface area contributed by atoms with Crippen LogP contribution >= 0.6 is 0 Å². The van der Waals surface area contributed by atoms with E-state index < -0.39 is 10.0 Å². The van der Waals surface area contributed by atoms with Gasteiger partial charge in [0.1, 0.15) is 0 Å². The van der Waals surface area contributed by atoms with E-state index in [4.69, 9.17) is 0 Å². The largest absolute Gasteiger partial charge is 0.240 e. The summed E-state index contributed by atoms with van der Waals surface area (Å²) in [6, 6.07) is 7.38. The van der Waals surface area contributed by atoms with Gasteiger partial charge in [0.15, 0.2) is 0 Å². The predicted octanol–water partition coefficient (Wildman–Crippen LogP) is 4.23. The van der Waals surface area contributed by atoms with Gasteiger partial charge >= 0.3 is 0 Å². The molecule has 1 aliphatic rings. The Labute approximate surface area is 135 Å². The van der Waals surface area contributed by atoms with Crippen molar-refractivity contribution in [3.63, 3.8) is 0 Å². The van der Waals surface area contributed by atoms with Crippen LogP contribution in [-0.4, -0.2) is 14.5 Å². The zero-order valence-corrected chi connectivity index (χ0v) is 15.0. The van der Waals surface area contributed by atoms with Crippen LogP contribution in [0.1, 0.15) is 65.4 Å². The van der Waals surface area contributed by atoms with Gasteiger partial charge in [-0.3, -0.25) is 0 Å². The molecule has 0 bridgehead atoms. The van der Waals surface area contributed by atoms with Crippen molar-refractivity contribution in [1.29, 1.82) is 0 Å². The van der Waals surface area contributed by atoms with Crippen LogP contribution in [-0.2, 0) is 15.4 Å². The zero-order valence-electron chi connectivity index (χ0n) is 14.2. The van der Waals surface area contributed by atoms with Crippen molar-refractivity contribution in [1.82, 2.24) is 4.72 Å². The molecule has 0 spiro atoms. The summed E-state index contributed by atoms with van der Waals surface area (Å²) in [7, 11) is -3.40. The summed E-state index contributed by atoms with van der Waals surface area (Å²) >= 11 is 0. The highest BCUT2D eigenvalue weighted by molar-refractivity contribution is 7.89. The van der Waals surface area contributed by atoms with E-state index in [0.717, 1.165) is 37.2 Å². The molecule has 2 rings (SSSR count). The van der Waals surface area contributed by atoms with Crippen molar-refractivity contribution in [2.24, 2.45) is 5.92 Å². The smallest absolute Gasteiger partial charge is 0.208 e. The third-order valence-electron chi connectivity index (χ3n) is 4.78. The van der Waals surface area contributed by atoms with Crippen LogP contribution in [0, 0.1) is 5.92 Å². The van der Waals surface area contributed by atoms with Crippen molar-refractivity contribution in [2.45, 2.75) is 76.2 Å². The van der Waals surface area contributed by atoms with Crippen LogP contribution in [0.25, 0.3) is 0 Å². The van der Waals surface area contributed by atoms with Crippen LogP contribution in [0.3, 0.4) is 0 Å². The summed E-state index contributed by atoms with van der Waals surface area (Å²) in [5.41, 5.74) is 1.18. The van der Waals surface area contributed by atoms with Gasteiger partial charge in [-0.15, -0.1) is 0 Å². The Hall–Kier alpha value is -0.870. The van der Waals surface area contributed by atoms with Crippen molar-refractivity contribution >= 4 is 10.0 Å². The molecule has 0 heterocycles. The first-order chi connectivity index (χ1) is 10.2. The molecular formula is C18H29NO2S. The quantitative estimate of drug-likeness (QED) is 0.901. The third-order valence-corrected chi connectivity index (χ3v) is 6.31. The average molecular weight is 324 g/mol. The molecule has 0 aromatic heterocycles. The van der Waals surface area contributed by atoms with Crippen molar-refractivity contribution < 1.29 is 8.42 Å². The van der Waals surface area contributed by atoms with Gasteiger partial charge in [-0.2, -0.15) is 0 Å². The maximum absolute atomic E-state index is 12.5. The number of benzene rings is 1. The Bertz CT molecular complexity index is 577. The van der Waals surface area contributed by atoms with Gasteiger partial charge in [0.25, 0.3) is 0 Å². The lowest BCUT2D eigenvalue weighted by Crippen LogP contribution is -2.37. The minimum absolute atomic E-state index is 0.0360. The SMILES string of the molecule is CCC1CCC(NS(=O)(=O)c2ccc(C(C)(C)C)cc2)CC1. The number of rotatable bonds is 4. The van der Waals surface area contributed by atoms with E-state index in [9.17, 15) is 8.42 Å². The number of nitrogens with one attached hydrogen (secondary N) is 1. The van der Waals surface area contributed by atoms with E-state index in [-0.39, 0.29) is 11.5 Å². The fourth-order valence-electron chi connectivity index (χ4n) is 3.11. The molecule has 0 radical (unpaired) electrons. The molecule has 1 saturated carbocycles. The molecule has 3 nitrogen and oxygen atoms in total. The summed E-state index contributed by atoms with van der Waals surface area (Å²) in [4.78, 5) is 0.373. The zero-order chi connectivity index (χ0) is 16.4. The highest BCUT2D eigenvalue weighted by Gasteiger charge is 2.25. The van der Waals surface area contributed by atoms with Crippen molar-refractivity contribution in [2.75, 3.05) is 0 Å². The van der Waals surface area contributed by atoms with Crippen LogP contribution in [0.4, 0.5) is 0 Å². The monoisotopic (exact) mass is 323 g/mol. The molecular weight excluding hydrogens is 294 g/mol. The van der Waals surface area contributed by atoms with E-state index in [0.29, 0.717) is 4.90 Å². The molecule has 1 aromatic carbocycles. The molecule has 124 valence electrons. The normalized spacial score (nSPS) is 23.5. The Morgan fingerprint density at radius 1 is 1.05 bits per heavy atom. The molecule has 1 aliphatic carbocycles. The second-order valence-electron chi connectivity index (χ2n) is 7.52. The molecule has 0 aliphatic heterocycles. The van der Waals surface area contributed by atoms with Crippen molar-refractivity contribution in [3.8, 4) is 0 Å². The van der Waals surface area contributed by atoms with E-state index >= 15 is 0 Å². The summed E-state index contributed by atoms with van der Waals surface area (Å²) in [5, 5.41) is 0. The van der Waals surface area contributed by atoms with E-state index in [1.165, 1.54) is 6.42 Å². The lowest BCUT2D eigenvalue weighted by atomic mass is 9.85. The first-order valence-electron chi connectivity index (χ1n) is 8.35. The summed E-state index contributed by atoms with van der Waals surface area (Å²) in [6.07, 6.45) is 5.38. The van der Waals surface area contributed by atoms with Crippen LogP contribution < -0.4 is 4.72 Å². The molecule has 0 atom stereocenters. The van der Waals surface area contributed by atoms with E-state index in [1.807, 2.05) is 12.1 Å². The van der Waals surface area contributed by atoms with Gasteiger partial charge in [-0.1, -0.05) is 46.2 Å². The predicted molar refractivity (Wildman–Crippen MR) is 91.5 cm³/mol. The van der Waals surface area contributed by atoms with E-state index in [1.54, 1.807) is 12.1 Å². The summed E-state index contributed by atoms with van der Waals surface area (Å²) < 4.78 is 27.9. The standard InChI is InChI=1S/C18H29NO2S/c1-5-14-6-10-16(11-7-14)19-22(20,21)17-12-8-15(9-13-17)18(2,3)4/h8-9,12-14,16,19H,5-7,10-11H2,1-4H3. The van der Waals surface area contributed by atoms with Crippen LogP contribution in [0.15, 0.2) is 29.2 Å². The van der Waals surface area contributed by atoms with Gasteiger partial charge in [0.2, 0.25) is 10.0 Å². The second kappa shape index (κ2) is 6.71. The lowest BCUT2D eigenvalue weighted by molar-refractivity contribution is 0.306. The average Bonchev–Trinajstić information content (AvgIpc) is 2.47. The Balaban J connectivity index is 2.04. The molecule has 1 fully saturated rings. The fraction of sp³-hybridized carbons (Fsp3) is 0.667. The number of hydrogen-bond acceptors (Lipinski definition) is 2. The summed E-state index contributed by atoms with van der Waals surface area (Å²) in [6.45, 7) is 8.59. The minimum atomic E-state index is -3.40. The lowest BCUT2D eigenvalue weighted by Gasteiger charge is -2.28. The maximum atomic E-state index is 12.5. The first-order valence-corrected chi connectivity index (χ1v) is 9.83. The number of hydrogen-bond donors (Lipinski definition) is 1. The molecule has 22 heavy (non-hydrogen) atoms. The Morgan fingerprint density at radius 3 is 2.05 bits per heavy atom. The fourth-order valence-corrected chi connectivity index (χ4v) is 4.42. The summed E-state index contributed by atoms with van der Waals surface area (Å²) in [5.74, 6) is 0.770. The minimum Gasteiger partial charge on any atom is -0.208 e. The second-order valence-corrected chi connectivity index (χ2v) is 9.24. The molecule has 0 amide bonds. The molecule has 4 heteroatoms. The highest BCUT2D eigenvalue weighted by Crippen LogP contribution is 2.28. The molecule has 1 N–H and O–H groups in total. The van der Waals surface area contributed by atoms with Gasteiger partial charge in [0.05, 0.1) is 4.90 Å². The van der Waals surface area contributed by atoms with E-state index in [2.05, 4.69) is 32.4 Å². The van der Waals surface area contributed by atoms with Gasteiger partial charge in [0, 0.05) is 6.04 Å². The number of sulfonamides is 1. The topological polar surface area (TPSA) is 46.2 Å². The first kappa shape index (κ1) is 17.5.